The van der Waals surface area contributed by atoms with E-state index in [1.807, 2.05) is 18.2 Å². The Bertz CT molecular complexity index is 358. The van der Waals surface area contributed by atoms with Gasteiger partial charge in [0.15, 0.2) is 0 Å². The zero-order chi connectivity index (χ0) is 13.7. The van der Waals surface area contributed by atoms with E-state index in [0.717, 1.165) is 17.1 Å². The standard InChI is InChI=1S/C14H24N2O2/c1-10(2)16(3)14(9-15)11-6-12(17-4)8-13(7-11)18-5/h6-8,10,14H,9,15H2,1-5H3. The molecule has 102 valence electrons. The van der Waals surface area contributed by atoms with E-state index in [1.165, 1.54) is 0 Å². The minimum Gasteiger partial charge on any atom is -0.497 e. The quantitative estimate of drug-likeness (QED) is 0.841. The van der Waals surface area contributed by atoms with Gasteiger partial charge >= 0.3 is 0 Å². The Morgan fingerprint density at radius 3 is 1.94 bits per heavy atom. The second kappa shape index (κ2) is 6.61. The van der Waals surface area contributed by atoms with Crippen molar-refractivity contribution in [2.45, 2.75) is 25.9 Å². The Balaban J connectivity index is 3.11. The van der Waals surface area contributed by atoms with Gasteiger partial charge in [-0.15, -0.1) is 0 Å². The highest BCUT2D eigenvalue weighted by Crippen LogP contribution is 2.29. The van der Waals surface area contributed by atoms with Crippen molar-refractivity contribution in [1.82, 2.24) is 4.90 Å². The van der Waals surface area contributed by atoms with Crippen molar-refractivity contribution < 1.29 is 9.47 Å². The van der Waals surface area contributed by atoms with Crippen LogP contribution in [0, 0.1) is 0 Å². The Hall–Kier alpha value is -1.26. The Morgan fingerprint density at radius 2 is 1.61 bits per heavy atom. The normalized spacial score (nSPS) is 12.9. The molecule has 2 N–H and O–H groups in total. The average molecular weight is 252 g/mol. The van der Waals surface area contributed by atoms with E-state index < -0.39 is 0 Å². The third-order valence-corrected chi connectivity index (χ3v) is 3.29. The van der Waals surface area contributed by atoms with Crippen LogP contribution in [-0.4, -0.2) is 38.8 Å². The number of nitrogens with two attached hydrogens (primary N) is 1. The van der Waals surface area contributed by atoms with Gasteiger partial charge in [0.05, 0.1) is 14.2 Å². The van der Waals surface area contributed by atoms with Crippen molar-refractivity contribution in [3.63, 3.8) is 0 Å². The Labute approximate surface area is 110 Å². The van der Waals surface area contributed by atoms with Gasteiger partial charge in [0.25, 0.3) is 0 Å². The maximum absolute atomic E-state index is 5.90. The van der Waals surface area contributed by atoms with Crippen LogP contribution >= 0.6 is 0 Å². The third-order valence-electron chi connectivity index (χ3n) is 3.29. The van der Waals surface area contributed by atoms with Crippen molar-refractivity contribution in [2.75, 3.05) is 27.8 Å². The third kappa shape index (κ3) is 3.37. The molecule has 18 heavy (non-hydrogen) atoms. The van der Waals surface area contributed by atoms with Gasteiger partial charge in [-0.05, 0) is 38.6 Å². The van der Waals surface area contributed by atoms with E-state index in [1.54, 1.807) is 14.2 Å². The molecule has 1 aromatic carbocycles. The van der Waals surface area contributed by atoms with E-state index in [4.69, 9.17) is 15.2 Å². The van der Waals surface area contributed by atoms with Gasteiger partial charge in [0.1, 0.15) is 11.5 Å². The number of ether oxygens (including phenoxy) is 2. The predicted molar refractivity (Wildman–Crippen MR) is 74.2 cm³/mol. The first-order valence-electron chi connectivity index (χ1n) is 6.18. The van der Waals surface area contributed by atoms with E-state index in [9.17, 15) is 0 Å². The van der Waals surface area contributed by atoms with E-state index in [0.29, 0.717) is 12.6 Å². The van der Waals surface area contributed by atoms with Crippen molar-refractivity contribution in [3.05, 3.63) is 23.8 Å². The molecular formula is C14H24N2O2. The molecule has 0 fully saturated rings. The summed E-state index contributed by atoms with van der Waals surface area (Å²) in [5, 5.41) is 0. The average Bonchev–Trinajstić information content (AvgIpc) is 2.38. The SMILES string of the molecule is COc1cc(OC)cc(C(CN)N(C)C(C)C)c1. The summed E-state index contributed by atoms with van der Waals surface area (Å²) in [6, 6.07) is 6.48. The first kappa shape index (κ1) is 14.8. The van der Waals surface area contributed by atoms with Crippen LogP contribution in [0.25, 0.3) is 0 Å². The summed E-state index contributed by atoms with van der Waals surface area (Å²) >= 11 is 0. The molecule has 0 aromatic heterocycles. The van der Waals surface area contributed by atoms with E-state index in [2.05, 4.69) is 25.8 Å². The minimum absolute atomic E-state index is 0.161. The Kier molecular flexibility index (Phi) is 5.44. The van der Waals surface area contributed by atoms with Gasteiger partial charge in [0, 0.05) is 24.7 Å². The van der Waals surface area contributed by atoms with Crippen LogP contribution in [0.15, 0.2) is 18.2 Å². The molecule has 0 radical (unpaired) electrons. The summed E-state index contributed by atoms with van der Waals surface area (Å²) in [6.07, 6.45) is 0. The van der Waals surface area contributed by atoms with Crippen molar-refractivity contribution >= 4 is 0 Å². The first-order chi connectivity index (χ1) is 8.53. The molecule has 4 nitrogen and oxygen atoms in total. The maximum atomic E-state index is 5.90. The lowest BCUT2D eigenvalue weighted by atomic mass is 10.0. The second-order valence-electron chi connectivity index (χ2n) is 4.66. The van der Waals surface area contributed by atoms with Crippen LogP contribution in [0.4, 0.5) is 0 Å². The molecule has 0 saturated heterocycles. The molecule has 0 aliphatic rings. The smallest absolute Gasteiger partial charge is 0.122 e. The first-order valence-corrected chi connectivity index (χ1v) is 6.18. The van der Waals surface area contributed by atoms with Gasteiger partial charge in [-0.3, -0.25) is 4.90 Å². The van der Waals surface area contributed by atoms with Crippen LogP contribution in [0.5, 0.6) is 11.5 Å². The van der Waals surface area contributed by atoms with Gasteiger partial charge in [-0.2, -0.15) is 0 Å². The summed E-state index contributed by atoms with van der Waals surface area (Å²) in [7, 11) is 5.39. The molecule has 0 saturated carbocycles. The fourth-order valence-corrected chi connectivity index (χ4v) is 1.92. The second-order valence-corrected chi connectivity index (χ2v) is 4.66. The van der Waals surface area contributed by atoms with E-state index in [-0.39, 0.29) is 6.04 Å². The monoisotopic (exact) mass is 252 g/mol. The molecule has 1 aromatic rings. The summed E-state index contributed by atoms with van der Waals surface area (Å²) in [5.74, 6) is 1.58. The van der Waals surface area contributed by atoms with Gasteiger partial charge in [-0.25, -0.2) is 0 Å². The molecule has 1 unspecified atom stereocenters. The highest BCUT2D eigenvalue weighted by atomic mass is 16.5. The van der Waals surface area contributed by atoms with E-state index >= 15 is 0 Å². The summed E-state index contributed by atoms with van der Waals surface area (Å²) in [6.45, 7) is 4.87. The highest BCUT2D eigenvalue weighted by molar-refractivity contribution is 5.40. The molecule has 0 aliphatic heterocycles. The molecule has 1 rings (SSSR count). The predicted octanol–water partition coefficient (Wildman–Crippen LogP) is 2.04. The molecule has 1 atom stereocenters. The van der Waals surface area contributed by atoms with Crippen molar-refractivity contribution in [1.29, 1.82) is 0 Å². The number of methoxy groups -OCH3 is 2. The lowest BCUT2D eigenvalue weighted by Crippen LogP contribution is -2.35. The van der Waals surface area contributed by atoms with Gasteiger partial charge in [0.2, 0.25) is 0 Å². The van der Waals surface area contributed by atoms with Crippen LogP contribution in [0.1, 0.15) is 25.5 Å². The number of hydrogen-bond acceptors (Lipinski definition) is 4. The van der Waals surface area contributed by atoms with Gasteiger partial charge < -0.3 is 15.2 Å². The van der Waals surface area contributed by atoms with Crippen LogP contribution in [0.2, 0.25) is 0 Å². The molecule has 0 bridgehead atoms. The van der Waals surface area contributed by atoms with Crippen molar-refractivity contribution in [3.8, 4) is 11.5 Å². The number of nitrogens with zero attached hydrogens (tertiary/aromatic N) is 1. The molecular weight excluding hydrogens is 228 g/mol. The number of benzene rings is 1. The summed E-state index contributed by atoms with van der Waals surface area (Å²) in [5.41, 5.74) is 7.02. The van der Waals surface area contributed by atoms with Crippen LogP contribution < -0.4 is 15.2 Å². The largest absolute Gasteiger partial charge is 0.497 e. The highest BCUT2D eigenvalue weighted by Gasteiger charge is 2.19. The molecule has 0 spiro atoms. The lowest BCUT2D eigenvalue weighted by molar-refractivity contribution is 0.200. The van der Waals surface area contributed by atoms with Crippen LogP contribution in [-0.2, 0) is 0 Å². The maximum Gasteiger partial charge on any atom is 0.122 e. The number of likely N-dealkylation sites (N-methyl/N-ethyl adjacent to an activating group) is 1. The lowest BCUT2D eigenvalue weighted by Gasteiger charge is -2.31. The fourth-order valence-electron chi connectivity index (χ4n) is 1.92. The molecule has 4 heteroatoms. The number of hydrogen-bond donors (Lipinski definition) is 1. The topological polar surface area (TPSA) is 47.7 Å². The molecule has 0 heterocycles. The van der Waals surface area contributed by atoms with Crippen molar-refractivity contribution in [2.24, 2.45) is 5.73 Å². The Morgan fingerprint density at radius 1 is 1.11 bits per heavy atom. The molecule has 0 amide bonds. The van der Waals surface area contributed by atoms with Gasteiger partial charge in [-0.1, -0.05) is 0 Å². The van der Waals surface area contributed by atoms with Crippen LogP contribution in [0.3, 0.4) is 0 Å². The molecule has 0 aliphatic carbocycles. The minimum atomic E-state index is 0.161. The fraction of sp³-hybridized carbons (Fsp3) is 0.571. The summed E-state index contributed by atoms with van der Waals surface area (Å²) < 4.78 is 10.6. The zero-order valence-electron chi connectivity index (χ0n) is 11.9. The zero-order valence-corrected chi connectivity index (χ0v) is 11.9. The number of rotatable bonds is 6. The summed E-state index contributed by atoms with van der Waals surface area (Å²) in [4.78, 5) is 2.24.